The van der Waals surface area contributed by atoms with Crippen molar-refractivity contribution in [3.8, 4) is 11.3 Å². The Hall–Kier alpha value is -2.76. The largest absolute Gasteiger partial charge is 0.456 e. The van der Waals surface area contributed by atoms with Gasteiger partial charge >= 0.3 is 5.97 Å². The number of benzene rings is 1. The quantitative estimate of drug-likeness (QED) is 0.487. The first-order valence-electron chi connectivity index (χ1n) is 7.13. The minimum Gasteiger partial charge on any atom is -0.456 e. The molecular weight excluding hydrogens is 296 g/mol. The van der Waals surface area contributed by atoms with Crippen LogP contribution in [0.2, 0.25) is 0 Å². The fourth-order valence-corrected chi connectivity index (χ4v) is 2.02. The van der Waals surface area contributed by atoms with Gasteiger partial charge in [-0.3, -0.25) is 15.1 Å². The van der Waals surface area contributed by atoms with E-state index in [1.54, 1.807) is 52.0 Å². The third-order valence-electron chi connectivity index (χ3n) is 3.08. The average molecular weight is 314 g/mol. The van der Waals surface area contributed by atoms with Gasteiger partial charge in [0.2, 0.25) is 0 Å². The van der Waals surface area contributed by atoms with Gasteiger partial charge in [-0.25, -0.2) is 4.79 Å². The smallest absolute Gasteiger partial charge is 0.340 e. The highest BCUT2D eigenvalue weighted by Gasteiger charge is 2.20. The van der Waals surface area contributed by atoms with E-state index in [1.165, 1.54) is 12.1 Å². The van der Waals surface area contributed by atoms with Crippen molar-refractivity contribution < 1.29 is 14.5 Å². The number of hydrogen-bond donors (Lipinski definition) is 0. The normalized spacial score (nSPS) is 11.1. The van der Waals surface area contributed by atoms with Gasteiger partial charge in [0.15, 0.2) is 0 Å². The van der Waals surface area contributed by atoms with Crippen LogP contribution in [0.25, 0.3) is 11.3 Å². The number of rotatable bonds is 3. The van der Waals surface area contributed by atoms with Gasteiger partial charge in [0.05, 0.1) is 21.9 Å². The number of nitro groups is 1. The molecule has 0 radical (unpaired) electrons. The molecular formula is C17H18N2O4. The number of nitro benzene ring substituents is 1. The van der Waals surface area contributed by atoms with E-state index in [1.807, 2.05) is 0 Å². The van der Waals surface area contributed by atoms with Crippen LogP contribution in [0.4, 0.5) is 5.69 Å². The van der Waals surface area contributed by atoms with Gasteiger partial charge in [-0.1, -0.05) is 0 Å². The maximum atomic E-state index is 12.1. The van der Waals surface area contributed by atoms with Crippen molar-refractivity contribution >= 4 is 11.7 Å². The van der Waals surface area contributed by atoms with Gasteiger partial charge < -0.3 is 4.74 Å². The molecule has 0 amide bonds. The lowest BCUT2D eigenvalue weighted by atomic mass is 10.1. The number of carbonyl (C=O) groups excluding carboxylic acids is 1. The summed E-state index contributed by atoms with van der Waals surface area (Å²) in [7, 11) is 0. The summed E-state index contributed by atoms with van der Waals surface area (Å²) >= 11 is 0. The number of aromatic nitrogens is 1. The molecule has 2 aromatic rings. The van der Waals surface area contributed by atoms with Crippen LogP contribution >= 0.6 is 0 Å². The highest BCUT2D eigenvalue weighted by Crippen LogP contribution is 2.23. The fraction of sp³-hybridized carbons (Fsp3) is 0.294. The van der Waals surface area contributed by atoms with E-state index in [-0.39, 0.29) is 5.69 Å². The second-order valence-corrected chi connectivity index (χ2v) is 6.14. The Morgan fingerprint density at radius 2 is 1.74 bits per heavy atom. The molecule has 1 aromatic carbocycles. The number of ether oxygens (including phenoxy) is 1. The number of pyridine rings is 1. The summed E-state index contributed by atoms with van der Waals surface area (Å²) in [5.74, 6) is -0.419. The summed E-state index contributed by atoms with van der Waals surface area (Å²) in [4.78, 5) is 26.7. The molecule has 0 aliphatic carbocycles. The Bertz CT molecular complexity index is 746. The van der Waals surface area contributed by atoms with Gasteiger partial charge in [-0.15, -0.1) is 0 Å². The van der Waals surface area contributed by atoms with Crippen LogP contribution in [-0.2, 0) is 4.74 Å². The molecule has 23 heavy (non-hydrogen) atoms. The first-order chi connectivity index (χ1) is 10.7. The predicted octanol–water partition coefficient (Wildman–Crippen LogP) is 3.92. The first-order valence-corrected chi connectivity index (χ1v) is 7.13. The molecule has 1 aromatic heterocycles. The molecule has 0 atom stereocenters. The van der Waals surface area contributed by atoms with Gasteiger partial charge in [0.1, 0.15) is 5.60 Å². The molecule has 6 nitrogen and oxygen atoms in total. The zero-order valence-electron chi connectivity index (χ0n) is 13.5. The van der Waals surface area contributed by atoms with Gasteiger partial charge in [0.25, 0.3) is 5.69 Å². The second kappa shape index (κ2) is 6.16. The topological polar surface area (TPSA) is 82.3 Å². The average Bonchev–Trinajstić information content (AvgIpc) is 2.45. The van der Waals surface area contributed by atoms with E-state index in [0.717, 1.165) is 5.56 Å². The number of esters is 1. The summed E-state index contributed by atoms with van der Waals surface area (Å²) in [6.07, 6.45) is 0. The van der Waals surface area contributed by atoms with Crippen molar-refractivity contribution in [3.63, 3.8) is 0 Å². The summed E-state index contributed by atoms with van der Waals surface area (Å²) < 4.78 is 5.34. The number of nitrogens with zero attached hydrogens (tertiary/aromatic N) is 2. The van der Waals surface area contributed by atoms with Crippen LogP contribution in [0.15, 0.2) is 36.4 Å². The maximum absolute atomic E-state index is 12.1. The molecule has 0 spiro atoms. The number of non-ortho nitro benzene ring substituents is 1. The van der Waals surface area contributed by atoms with E-state index in [2.05, 4.69) is 4.98 Å². The van der Waals surface area contributed by atoms with Gasteiger partial charge in [0, 0.05) is 17.7 Å². The highest BCUT2D eigenvalue weighted by molar-refractivity contribution is 5.91. The molecule has 0 bridgehead atoms. The van der Waals surface area contributed by atoms with Crippen molar-refractivity contribution in [1.82, 2.24) is 4.98 Å². The second-order valence-electron chi connectivity index (χ2n) is 6.14. The van der Waals surface area contributed by atoms with Gasteiger partial charge in [-0.2, -0.15) is 0 Å². The Kier molecular flexibility index (Phi) is 4.45. The van der Waals surface area contributed by atoms with E-state index in [9.17, 15) is 14.9 Å². The lowest BCUT2D eigenvalue weighted by Gasteiger charge is -2.20. The molecule has 2 rings (SSSR count). The van der Waals surface area contributed by atoms with E-state index in [4.69, 9.17) is 4.74 Å². The van der Waals surface area contributed by atoms with Crippen LogP contribution in [0, 0.1) is 17.0 Å². The maximum Gasteiger partial charge on any atom is 0.340 e. The lowest BCUT2D eigenvalue weighted by molar-refractivity contribution is -0.384. The van der Waals surface area contributed by atoms with Crippen molar-refractivity contribution in [2.75, 3.05) is 0 Å². The molecule has 0 N–H and O–H groups in total. The molecule has 0 aliphatic heterocycles. The monoisotopic (exact) mass is 314 g/mol. The lowest BCUT2D eigenvalue weighted by Crippen LogP contribution is -2.24. The summed E-state index contributed by atoms with van der Waals surface area (Å²) in [5, 5.41) is 10.7. The minimum atomic E-state index is -0.569. The molecule has 120 valence electrons. The predicted molar refractivity (Wildman–Crippen MR) is 86.2 cm³/mol. The van der Waals surface area contributed by atoms with Gasteiger partial charge in [-0.05, 0) is 52.0 Å². The molecule has 1 heterocycles. The van der Waals surface area contributed by atoms with Crippen molar-refractivity contribution in [3.05, 3.63) is 57.8 Å². The Labute approximate surface area is 134 Å². The van der Waals surface area contributed by atoms with Crippen molar-refractivity contribution in [1.29, 1.82) is 0 Å². The minimum absolute atomic E-state index is 0.0239. The van der Waals surface area contributed by atoms with Crippen LogP contribution in [-0.4, -0.2) is 21.5 Å². The Morgan fingerprint density at radius 3 is 2.22 bits per heavy atom. The van der Waals surface area contributed by atoms with Crippen LogP contribution in [0.5, 0.6) is 0 Å². The molecule has 0 fully saturated rings. The first kappa shape index (κ1) is 16.6. The van der Waals surface area contributed by atoms with E-state index >= 15 is 0 Å². The Balaban J connectivity index is 2.28. The fourth-order valence-electron chi connectivity index (χ4n) is 2.02. The van der Waals surface area contributed by atoms with Crippen LogP contribution in [0.3, 0.4) is 0 Å². The Morgan fingerprint density at radius 1 is 1.13 bits per heavy atom. The van der Waals surface area contributed by atoms with E-state index in [0.29, 0.717) is 17.0 Å². The zero-order valence-corrected chi connectivity index (χ0v) is 13.5. The third-order valence-corrected chi connectivity index (χ3v) is 3.08. The molecule has 6 heteroatoms. The zero-order chi connectivity index (χ0) is 17.2. The number of aryl methyl sites for hydroxylation is 1. The van der Waals surface area contributed by atoms with Crippen molar-refractivity contribution in [2.45, 2.75) is 33.3 Å². The number of hydrogen-bond acceptors (Lipinski definition) is 5. The molecule has 0 unspecified atom stereocenters. The number of carbonyl (C=O) groups is 1. The van der Waals surface area contributed by atoms with Crippen LogP contribution < -0.4 is 0 Å². The molecule has 0 saturated carbocycles. The molecule has 0 saturated heterocycles. The third kappa shape index (κ3) is 4.12. The highest BCUT2D eigenvalue weighted by atomic mass is 16.6. The van der Waals surface area contributed by atoms with Crippen LogP contribution in [0.1, 0.15) is 36.8 Å². The summed E-state index contributed by atoms with van der Waals surface area (Å²) in [5.41, 5.74) is 1.80. The summed E-state index contributed by atoms with van der Waals surface area (Å²) in [6, 6.07) is 9.48. The summed E-state index contributed by atoms with van der Waals surface area (Å²) in [6.45, 7) is 7.14. The standard InChI is InChI=1S/C17H18N2O4/c1-11-14(16(20)23-17(2,3)4)9-10-15(18-11)12-5-7-13(8-6-12)19(21)22/h5-10H,1-4H3. The van der Waals surface area contributed by atoms with Crippen molar-refractivity contribution in [2.24, 2.45) is 0 Å². The SMILES string of the molecule is Cc1nc(-c2ccc([N+](=O)[O-])cc2)ccc1C(=O)OC(C)(C)C. The van der Waals surface area contributed by atoms with E-state index < -0.39 is 16.5 Å². The molecule has 0 aliphatic rings.